The first kappa shape index (κ1) is 25.0. The van der Waals surface area contributed by atoms with Gasteiger partial charge in [-0.1, -0.05) is 42.5 Å². The smallest absolute Gasteiger partial charge is 0.231 e. The van der Waals surface area contributed by atoms with Crippen LogP contribution in [0, 0.1) is 5.92 Å². The highest BCUT2D eigenvalue weighted by molar-refractivity contribution is 6.07. The number of hydrogen-bond acceptors (Lipinski definition) is 6. The van der Waals surface area contributed by atoms with E-state index in [0.717, 1.165) is 41.0 Å². The lowest BCUT2D eigenvalue weighted by molar-refractivity contribution is -0.120. The van der Waals surface area contributed by atoms with E-state index in [4.69, 9.17) is 14.2 Å². The molecular formula is C32H32N2O5. The Morgan fingerprint density at radius 3 is 2.15 bits per heavy atom. The summed E-state index contributed by atoms with van der Waals surface area (Å²) in [5, 5.41) is 3.59. The van der Waals surface area contributed by atoms with Gasteiger partial charge in [-0.25, -0.2) is 0 Å². The van der Waals surface area contributed by atoms with Gasteiger partial charge in [0.2, 0.25) is 11.7 Å². The van der Waals surface area contributed by atoms with Crippen LogP contribution in [0.15, 0.2) is 78.0 Å². The van der Waals surface area contributed by atoms with E-state index in [-0.39, 0.29) is 23.5 Å². The molecule has 3 aliphatic rings. The van der Waals surface area contributed by atoms with Gasteiger partial charge < -0.3 is 19.5 Å². The minimum absolute atomic E-state index is 0.0229. The van der Waals surface area contributed by atoms with Crippen molar-refractivity contribution in [2.75, 3.05) is 31.5 Å². The second-order valence-corrected chi connectivity index (χ2v) is 10.3. The molecule has 2 atom stereocenters. The van der Waals surface area contributed by atoms with Crippen molar-refractivity contribution in [2.45, 2.75) is 37.6 Å². The van der Waals surface area contributed by atoms with Crippen LogP contribution in [0.25, 0.3) is 0 Å². The Balaban J connectivity index is 1.59. The maximum atomic E-state index is 14.2. The first-order valence-corrected chi connectivity index (χ1v) is 13.3. The standard InChI is InChI=1S/C32H32N2O5/c1-37-27-17-22(18-28(38-2)31(27)39-3)30-29-24(15-21(16-26(29)35)19-9-5-4-6-10-19)33-23-11-7-8-12-25(23)34(30)32(36)20-13-14-20/h4-12,17-18,20-21,30,33H,13-16H2,1-3H3/t21-,30+/m1/s1. The number of carbonyl (C=O) groups is 2. The molecule has 3 aromatic carbocycles. The van der Waals surface area contributed by atoms with Crippen LogP contribution >= 0.6 is 0 Å². The summed E-state index contributed by atoms with van der Waals surface area (Å²) in [5.74, 6) is 1.45. The second kappa shape index (κ2) is 10.1. The Labute approximate surface area is 228 Å². The number of ketones is 1. The van der Waals surface area contributed by atoms with Crippen molar-refractivity contribution < 1.29 is 23.8 Å². The lowest BCUT2D eigenvalue weighted by Gasteiger charge is -2.35. The molecule has 2 aliphatic carbocycles. The van der Waals surface area contributed by atoms with E-state index in [2.05, 4.69) is 17.4 Å². The molecule has 1 aliphatic heterocycles. The molecule has 0 bridgehead atoms. The molecule has 6 rings (SSSR count). The van der Waals surface area contributed by atoms with E-state index in [0.29, 0.717) is 35.7 Å². The molecule has 7 nitrogen and oxygen atoms in total. The van der Waals surface area contributed by atoms with Crippen LogP contribution in [-0.2, 0) is 9.59 Å². The van der Waals surface area contributed by atoms with Crippen LogP contribution in [0.3, 0.4) is 0 Å². The molecular weight excluding hydrogens is 492 g/mol. The molecule has 0 spiro atoms. The predicted octanol–water partition coefficient (Wildman–Crippen LogP) is 6.02. The molecule has 1 saturated carbocycles. The van der Waals surface area contributed by atoms with Crippen molar-refractivity contribution in [2.24, 2.45) is 5.92 Å². The van der Waals surface area contributed by atoms with Gasteiger partial charge in [0.05, 0.1) is 38.7 Å². The predicted molar refractivity (Wildman–Crippen MR) is 150 cm³/mol. The lowest BCUT2D eigenvalue weighted by Crippen LogP contribution is -2.39. The van der Waals surface area contributed by atoms with Crippen LogP contribution in [-0.4, -0.2) is 33.0 Å². The van der Waals surface area contributed by atoms with E-state index in [1.165, 1.54) is 0 Å². The van der Waals surface area contributed by atoms with E-state index in [1.54, 1.807) is 21.3 Å². The summed E-state index contributed by atoms with van der Waals surface area (Å²) in [5.41, 5.74) is 4.89. The molecule has 3 aromatic rings. The quantitative estimate of drug-likeness (QED) is 0.425. The van der Waals surface area contributed by atoms with Crippen molar-refractivity contribution in [1.29, 1.82) is 0 Å². The topological polar surface area (TPSA) is 77.1 Å². The summed E-state index contributed by atoms with van der Waals surface area (Å²) in [6.45, 7) is 0. The summed E-state index contributed by atoms with van der Waals surface area (Å²) in [7, 11) is 4.70. The molecule has 1 heterocycles. The number of nitrogens with zero attached hydrogens (tertiary/aromatic N) is 1. The van der Waals surface area contributed by atoms with Crippen molar-refractivity contribution in [3.05, 3.63) is 89.1 Å². The number of nitrogens with one attached hydrogen (secondary N) is 1. The fourth-order valence-electron chi connectivity index (χ4n) is 5.90. The Morgan fingerprint density at radius 2 is 1.51 bits per heavy atom. The van der Waals surface area contributed by atoms with E-state index >= 15 is 0 Å². The molecule has 200 valence electrons. The molecule has 1 fully saturated rings. The number of benzene rings is 3. The molecule has 0 aromatic heterocycles. The third-order valence-corrected chi connectivity index (χ3v) is 7.93. The highest BCUT2D eigenvalue weighted by atomic mass is 16.5. The third kappa shape index (κ3) is 4.42. The molecule has 1 amide bonds. The van der Waals surface area contributed by atoms with Gasteiger partial charge in [0, 0.05) is 23.6 Å². The number of carbonyl (C=O) groups excluding carboxylic acids is 2. The molecule has 7 heteroatoms. The second-order valence-electron chi connectivity index (χ2n) is 10.3. The maximum Gasteiger partial charge on any atom is 0.231 e. The van der Waals surface area contributed by atoms with Gasteiger partial charge in [-0.3, -0.25) is 14.5 Å². The number of allylic oxidation sites excluding steroid dienone is 1. The number of amides is 1. The average molecular weight is 525 g/mol. The lowest BCUT2D eigenvalue weighted by atomic mass is 9.78. The molecule has 0 unspecified atom stereocenters. The van der Waals surface area contributed by atoms with Gasteiger partial charge >= 0.3 is 0 Å². The fraction of sp³-hybridized carbons (Fsp3) is 0.312. The minimum Gasteiger partial charge on any atom is -0.493 e. The van der Waals surface area contributed by atoms with E-state index in [9.17, 15) is 9.59 Å². The number of methoxy groups -OCH3 is 3. The SMILES string of the molecule is COc1cc([C@H]2C3=C(C[C@@H](c4ccccc4)CC3=O)Nc3ccccc3N2C(=O)C2CC2)cc(OC)c1OC. The number of anilines is 2. The van der Waals surface area contributed by atoms with Crippen LogP contribution < -0.4 is 24.4 Å². The van der Waals surface area contributed by atoms with Gasteiger partial charge in [-0.2, -0.15) is 0 Å². The normalized spacial score (nSPS) is 20.4. The Kier molecular flexibility index (Phi) is 6.51. The summed E-state index contributed by atoms with van der Waals surface area (Å²) >= 11 is 0. The first-order chi connectivity index (χ1) is 19.0. The van der Waals surface area contributed by atoms with E-state index in [1.807, 2.05) is 59.5 Å². The molecule has 0 saturated heterocycles. The van der Waals surface area contributed by atoms with Crippen molar-refractivity contribution in [1.82, 2.24) is 0 Å². The Hall–Kier alpha value is -4.26. The van der Waals surface area contributed by atoms with Crippen LogP contribution in [0.1, 0.15) is 48.8 Å². The Morgan fingerprint density at radius 1 is 0.846 bits per heavy atom. The van der Waals surface area contributed by atoms with Crippen molar-refractivity contribution in [3.63, 3.8) is 0 Å². The number of rotatable bonds is 6. The molecule has 39 heavy (non-hydrogen) atoms. The minimum atomic E-state index is -0.651. The highest BCUT2D eigenvalue weighted by Gasteiger charge is 2.45. The van der Waals surface area contributed by atoms with Crippen LogP contribution in [0.4, 0.5) is 11.4 Å². The van der Waals surface area contributed by atoms with Gasteiger partial charge in [0.1, 0.15) is 0 Å². The van der Waals surface area contributed by atoms with Crippen LogP contribution in [0.2, 0.25) is 0 Å². The van der Waals surface area contributed by atoms with Crippen LogP contribution in [0.5, 0.6) is 17.2 Å². The number of Topliss-reactive ketones (excluding diaryl/α,β-unsaturated/α-hetero) is 1. The fourth-order valence-corrected chi connectivity index (χ4v) is 5.90. The highest BCUT2D eigenvalue weighted by Crippen LogP contribution is 2.51. The van der Waals surface area contributed by atoms with Gasteiger partial charge in [-0.15, -0.1) is 0 Å². The third-order valence-electron chi connectivity index (χ3n) is 7.93. The first-order valence-electron chi connectivity index (χ1n) is 13.3. The maximum absolute atomic E-state index is 14.2. The van der Waals surface area contributed by atoms with Crippen molar-refractivity contribution in [3.8, 4) is 17.2 Å². The number of para-hydroxylation sites is 2. The number of fused-ring (bicyclic) bond motifs is 1. The van der Waals surface area contributed by atoms with Gasteiger partial charge in [-0.05, 0) is 60.6 Å². The zero-order valence-electron chi connectivity index (χ0n) is 22.4. The monoisotopic (exact) mass is 524 g/mol. The van der Waals surface area contributed by atoms with Gasteiger partial charge in [0.25, 0.3) is 0 Å². The number of hydrogen-bond donors (Lipinski definition) is 1. The largest absolute Gasteiger partial charge is 0.493 e. The van der Waals surface area contributed by atoms with Crippen molar-refractivity contribution >= 4 is 23.1 Å². The zero-order chi connectivity index (χ0) is 27.1. The van der Waals surface area contributed by atoms with Gasteiger partial charge in [0.15, 0.2) is 17.3 Å². The summed E-state index contributed by atoms with van der Waals surface area (Å²) in [4.78, 5) is 30.0. The number of ether oxygens (including phenoxy) is 3. The average Bonchev–Trinajstić information content (AvgIpc) is 3.83. The molecule has 1 N–H and O–H groups in total. The molecule has 0 radical (unpaired) electrons. The van der Waals surface area contributed by atoms with E-state index < -0.39 is 6.04 Å². The summed E-state index contributed by atoms with van der Waals surface area (Å²) in [6.07, 6.45) is 2.73. The Bertz CT molecular complexity index is 1440. The zero-order valence-corrected chi connectivity index (χ0v) is 22.4. The summed E-state index contributed by atoms with van der Waals surface area (Å²) < 4.78 is 16.9. The summed E-state index contributed by atoms with van der Waals surface area (Å²) in [6, 6.07) is 21.0.